The number of methoxy groups -OCH3 is 1. The molecule has 0 radical (unpaired) electrons. The van der Waals surface area contributed by atoms with Crippen LogP contribution in [0.1, 0.15) is 16.2 Å². The van der Waals surface area contributed by atoms with E-state index < -0.39 is 0 Å². The predicted molar refractivity (Wildman–Crippen MR) is 69.7 cm³/mol. The van der Waals surface area contributed by atoms with Gasteiger partial charge < -0.3 is 4.74 Å². The van der Waals surface area contributed by atoms with Crippen LogP contribution in [-0.2, 0) is 6.42 Å². The molecule has 0 saturated heterocycles. The summed E-state index contributed by atoms with van der Waals surface area (Å²) in [6.45, 7) is 0. The highest BCUT2D eigenvalue weighted by atomic mass is 32.1. The first-order valence-electron chi connectivity index (χ1n) is 5.58. The van der Waals surface area contributed by atoms with Crippen LogP contribution in [0.5, 0.6) is 5.88 Å². The number of imidazole rings is 1. The molecule has 3 aromatic rings. The molecule has 6 nitrogen and oxygen atoms in total. The van der Waals surface area contributed by atoms with Crippen molar-refractivity contribution in [3.63, 3.8) is 0 Å². The SMILES string of the molecule is COc1ccc(C(=O)Cc2cn3ccsc3n2)nn1. The number of ether oxygens (including phenoxy) is 1. The second-order valence-corrected chi connectivity index (χ2v) is 4.76. The lowest BCUT2D eigenvalue weighted by atomic mass is 10.2. The van der Waals surface area contributed by atoms with E-state index in [0.29, 0.717) is 11.6 Å². The van der Waals surface area contributed by atoms with Crippen LogP contribution in [0.3, 0.4) is 0 Å². The van der Waals surface area contributed by atoms with Crippen molar-refractivity contribution in [1.29, 1.82) is 0 Å². The average molecular weight is 274 g/mol. The molecule has 0 amide bonds. The molecule has 3 rings (SSSR count). The summed E-state index contributed by atoms with van der Waals surface area (Å²) in [6.07, 6.45) is 3.98. The second-order valence-electron chi connectivity index (χ2n) is 3.89. The maximum Gasteiger partial charge on any atom is 0.233 e. The third-order valence-corrected chi connectivity index (χ3v) is 3.39. The molecule has 19 heavy (non-hydrogen) atoms. The molecular weight excluding hydrogens is 264 g/mol. The zero-order valence-corrected chi connectivity index (χ0v) is 10.9. The van der Waals surface area contributed by atoms with Crippen molar-refractivity contribution in [3.05, 3.63) is 41.3 Å². The molecule has 0 unspecified atom stereocenters. The maximum atomic E-state index is 12.0. The Labute approximate surface area is 112 Å². The van der Waals surface area contributed by atoms with Gasteiger partial charge in [0.1, 0.15) is 5.69 Å². The van der Waals surface area contributed by atoms with Gasteiger partial charge in [-0.15, -0.1) is 21.5 Å². The van der Waals surface area contributed by atoms with Crippen molar-refractivity contribution in [2.45, 2.75) is 6.42 Å². The Morgan fingerprint density at radius 1 is 1.42 bits per heavy atom. The molecule has 0 aliphatic heterocycles. The maximum absolute atomic E-state index is 12.0. The van der Waals surface area contributed by atoms with Gasteiger partial charge >= 0.3 is 0 Å². The summed E-state index contributed by atoms with van der Waals surface area (Å²) >= 11 is 1.53. The molecule has 3 heterocycles. The standard InChI is InChI=1S/C12H10N4O2S/c1-18-11-3-2-9(14-15-11)10(17)6-8-7-16-4-5-19-12(16)13-8/h2-5,7H,6H2,1H3. The second kappa shape index (κ2) is 4.77. The molecule has 3 aromatic heterocycles. The summed E-state index contributed by atoms with van der Waals surface area (Å²) < 4.78 is 6.79. The largest absolute Gasteiger partial charge is 0.480 e. The molecule has 0 aliphatic rings. The fourth-order valence-corrected chi connectivity index (χ4v) is 2.41. The lowest BCUT2D eigenvalue weighted by Crippen LogP contribution is -2.07. The topological polar surface area (TPSA) is 69.4 Å². The van der Waals surface area contributed by atoms with E-state index in [2.05, 4.69) is 15.2 Å². The third-order valence-electron chi connectivity index (χ3n) is 2.62. The van der Waals surface area contributed by atoms with Crippen LogP contribution in [0, 0.1) is 0 Å². The van der Waals surface area contributed by atoms with Crippen molar-refractivity contribution < 1.29 is 9.53 Å². The zero-order chi connectivity index (χ0) is 13.2. The van der Waals surface area contributed by atoms with E-state index in [1.807, 2.05) is 22.2 Å². The van der Waals surface area contributed by atoms with Gasteiger partial charge in [0.2, 0.25) is 5.88 Å². The highest BCUT2D eigenvalue weighted by Crippen LogP contribution is 2.13. The van der Waals surface area contributed by atoms with E-state index >= 15 is 0 Å². The van der Waals surface area contributed by atoms with Crippen LogP contribution in [0.4, 0.5) is 0 Å². The van der Waals surface area contributed by atoms with Crippen molar-refractivity contribution in [3.8, 4) is 5.88 Å². The number of rotatable bonds is 4. The molecule has 7 heteroatoms. The molecule has 0 bridgehead atoms. The van der Waals surface area contributed by atoms with Gasteiger partial charge in [-0.25, -0.2) is 4.98 Å². The number of Topliss-reactive ketones (excluding diaryl/α,β-unsaturated/α-hetero) is 1. The highest BCUT2D eigenvalue weighted by molar-refractivity contribution is 7.15. The lowest BCUT2D eigenvalue weighted by molar-refractivity contribution is 0.0986. The number of nitrogens with zero attached hydrogens (tertiary/aromatic N) is 4. The molecular formula is C12H10N4O2S. The van der Waals surface area contributed by atoms with E-state index in [-0.39, 0.29) is 12.2 Å². The van der Waals surface area contributed by atoms with E-state index in [1.165, 1.54) is 18.4 Å². The predicted octanol–water partition coefficient (Wildman–Crippen LogP) is 1.62. The molecule has 0 spiro atoms. The molecule has 0 N–H and O–H groups in total. The molecule has 0 atom stereocenters. The number of carbonyl (C=O) groups excluding carboxylic acids is 1. The van der Waals surface area contributed by atoms with E-state index in [1.54, 1.807) is 12.1 Å². The van der Waals surface area contributed by atoms with Crippen molar-refractivity contribution >= 4 is 22.1 Å². The van der Waals surface area contributed by atoms with Crippen molar-refractivity contribution in [1.82, 2.24) is 19.6 Å². The first-order chi connectivity index (χ1) is 9.26. The van der Waals surface area contributed by atoms with Crippen molar-refractivity contribution in [2.75, 3.05) is 7.11 Å². The number of fused-ring (bicyclic) bond motifs is 1. The number of ketones is 1. The average Bonchev–Trinajstić information content (AvgIpc) is 2.99. The summed E-state index contributed by atoms with van der Waals surface area (Å²) in [5.74, 6) is 0.278. The van der Waals surface area contributed by atoms with Gasteiger partial charge in [-0.3, -0.25) is 9.20 Å². The molecule has 0 aliphatic carbocycles. The van der Waals surface area contributed by atoms with E-state index in [0.717, 1.165) is 10.7 Å². The Hall–Kier alpha value is -2.28. The number of hydrogen-bond acceptors (Lipinski definition) is 6. The van der Waals surface area contributed by atoms with Crippen LogP contribution in [0.15, 0.2) is 29.9 Å². The molecule has 0 saturated carbocycles. The molecule has 0 aromatic carbocycles. The molecule has 96 valence electrons. The Morgan fingerprint density at radius 2 is 2.32 bits per heavy atom. The minimum Gasteiger partial charge on any atom is -0.480 e. The summed E-state index contributed by atoms with van der Waals surface area (Å²) in [6, 6.07) is 3.22. The first kappa shape index (κ1) is 11.8. The van der Waals surface area contributed by atoms with Crippen molar-refractivity contribution in [2.24, 2.45) is 0 Å². The van der Waals surface area contributed by atoms with Crippen LogP contribution >= 0.6 is 11.3 Å². The minimum atomic E-state index is -0.110. The van der Waals surface area contributed by atoms with Gasteiger partial charge in [0.15, 0.2) is 10.7 Å². The summed E-state index contributed by atoms with van der Waals surface area (Å²) in [4.78, 5) is 17.3. The van der Waals surface area contributed by atoms with Gasteiger partial charge in [-0.1, -0.05) is 0 Å². The fourth-order valence-electron chi connectivity index (χ4n) is 1.69. The zero-order valence-electron chi connectivity index (χ0n) is 10.1. The third kappa shape index (κ3) is 2.32. The Morgan fingerprint density at radius 3 is 3.00 bits per heavy atom. The van der Waals surface area contributed by atoms with Crippen LogP contribution in [-0.4, -0.2) is 32.5 Å². The van der Waals surface area contributed by atoms with Gasteiger partial charge in [0, 0.05) is 23.8 Å². The van der Waals surface area contributed by atoms with Crippen LogP contribution in [0.25, 0.3) is 4.96 Å². The van der Waals surface area contributed by atoms with Crippen LogP contribution < -0.4 is 4.74 Å². The summed E-state index contributed by atoms with van der Waals surface area (Å²) in [5.41, 5.74) is 1.05. The van der Waals surface area contributed by atoms with Gasteiger partial charge in [-0.05, 0) is 6.07 Å². The summed E-state index contributed by atoms with van der Waals surface area (Å²) in [5, 5.41) is 9.55. The van der Waals surface area contributed by atoms with Gasteiger partial charge in [0.25, 0.3) is 0 Å². The van der Waals surface area contributed by atoms with E-state index in [9.17, 15) is 4.79 Å². The Bertz CT molecular complexity index is 688. The molecule has 0 fully saturated rings. The minimum absolute atomic E-state index is 0.110. The Balaban J connectivity index is 1.78. The normalized spacial score (nSPS) is 10.8. The number of thiazole rings is 1. The summed E-state index contributed by atoms with van der Waals surface area (Å²) in [7, 11) is 1.50. The van der Waals surface area contributed by atoms with Crippen LogP contribution in [0.2, 0.25) is 0 Å². The number of aromatic nitrogens is 4. The number of carbonyl (C=O) groups is 1. The monoisotopic (exact) mass is 274 g/mol. The van der Waals surface area contributed by atoms with Gasteiger partial charge in [0.05, 0.1) is 19.2 Å². The number of hydrogen-bond donors (Lipinski definition) is 0. The van der Waals surface area contributed by atoms with Gasteiger partial charge in [-0.2, -0.15) is 0 Å². The first-order valence-corrected chi connectivity index (χ1v) is 6.46. The highest BCUT2D eigenvalue weighted by Gasteiger charge is 2.12. The van der Waals surface area contributed by atoms with E-state index in [4.69, 9.17) is 4.74 Å². The smallest absolute Gasteiger partial charge is 0.233 e. The fraction of sp³-hybridized carbons (Fsp3) is 0.167. The quantitative estimate of drug-likeness (QED) is 0.676. The Kier molecular flexibility index (Phi) is 2.96. The lowest BCUT2D eigenvalue weighted by Gasteiger charge is -1.99.